The van der Waals surface area contributed by atoms with Crippen LogP contribution >= 0.6 is 0 Å². The van der Waals surface area contributed by atoms with Crippen molar-refractivity contribution in [2.45, 2.75) is 38.6 Å². The molecule has 0 saturated carbocycles. The predicted octanol–water partition coefficient (Wildman–Crippen LogP) is 2.57. The molecule has 3 rings (SSSR count). The van der Waals surface area contributed by atoms with Gasteiger partial charge in [0.05, 0.1) is 5.54 Å². The summed E-state index contributed by atoms with van der Waals surface area (Å²) < 4.78 is 5.43. The second kappa shape index (κ2) is 4.78. The molecule has 1 aliphatic heterocycles. The fourth-order valence-corrected chi connectivity index (χ4v) is 2.63. The highest BCUT2D eigenvalue weighted by Gasteiger charge is 2.35. The van der Waals surface area contributed by atoms with Gasteiger partial charge >= 0.3 is 0 Å². The molecule has 1 aromatic heterocycles. The maximum atomic E-state index is 5.43. The molecular formula is C15H19N3O. The SMILES string of the molecule is Cc1cccc(Cc2noc(C3(C)CCCN3)n2)c1. The molecule has 19 heavy (non-hydrogen) atoms. The van der Waals surface area contributed by atoms with E-state index in [1.54, 1.807) is 0 Å². The monoisotopic (exact) mass is 257 g/mol. The van der Waals surface area contributed by atoms with E-state index in [4.69, 9.17) is 4.52 Å². The normalized spacial score (nSPS) is 22.8. The van der Waals surface area contributed by atoms with Gasteiger partial charge in [0.2, 0.25) is 5.89 Å². The van der Waals surface area contributed by atoms with Crippen LogP contribution in [0, 0.1) is 6.92 Å². The average molecular weight is 257 g/mol. The van der Waals surface area contributed by atoms with Gasteiger partial charge < -0.3 is 9.84 Å². The van der Waals surface area contributed by atoms with Gasteiger partial charge in [0.1, 0.15) is 0 Å². The molecule has 1 fully saturated rings. The van der Waals surface area contributed by atoms with Gasteiger partial charge in [-0.2, -0.15) is 4.98 Å². The highest BCUT2D eigenvalue weighted by atomic mass is 16.5. The van der Waals surface area contributed by atoms with Gasteiger partial charge in [-0.25, -0.2) is 0 Å². The molecule has 1 N–H and O–H groups in total. The minimum Gasteiger partial charge on any atom is -0.337 e. The van der Waals surface area contributed by atoms with Gasteiger partial charge in [-0.1, -0.05) is 35.0 Å². The van der Waals surface area contributed by atoms with E-state index in [1.807, 2.05) is 0 Å². The first-order valence-corrected chi connectivity index (χ1v) is 6.79. The van der Waals surface area contributed by atoms with Gasteiger partial charge in [0, 0.05) is 6.42 Å². The third-order valence-electron chi connectivity index (χ3n) is 3.75. The highest BCUT2D eigenvalue weighted by molar-refractivity contribution is 5.24. The average Bonchev–Trinajstić information content (AvgIpc) is 2.99. The van der Waals surface area contributed by atoms with E-state index in [1.165, 1.54) is 11.1 Å². The van der Waals surface area contributed by atoms with E-state index in [-0.39, 0.29) is 5.54 Å². The predicted molar refractivity (Wildman–Crippen MR) is 72.9 cm³/mol. The number of hydrogen-bond acceptors (Lipinski definition) is 4. The Morgan fingerprint density at radius 1 is 1.42 bits per heavy atom. The van der Waals surface area contributed by atoms with Crippen LogP contribution in [0.25, 0.3) is 0 Å². The van der Waals surface area contributed by atoms with E-state index in [0.717, 1.165) is 31.6 Å². The molecule has 1 atom stereocenters. The lowest BCUT2D eigenvalue weighted by Gasteiger charge is -2.18. The van der Waals surface area contributed by atoms with Crippen molar-refractivity contribution < 1.29 is 4.52 Å². The first-order chi connectivity index (χ1) is 9.16. The maximum Gasteiger partial charge on any atom is 0.246 e. The molecule has 0 aliphatic carbocycles. The van der Waals surface area contributed by atoms with Gasteiger partial charge in [-0.05, 0) is 38.8 Å². The summed E-state index contributed by atoms with van der Waals surface area (Å²) >= 11 is 0. The molecular weight excluding hydrogens is 238 g/mol. The first-order valence-electron chi connectivity index (χ1n) is 6.79. The van der Waals surface area contributed by atoms with E-state index in [2.05, 4.69) is 53.6 Å². The highest BCUT2D eigenvalue weighted by Crippen LogP contribution is 2.28. The second-order valence-electron chi connectivity index (χ2n) is 5.54. The Hall–Kier alpha value is -1.68. The van der Waals surface area contributed by atoms with Crippen LogP contribution in [0.2, 0.25) is 0 Å². The van der Waals surface area contributed by atoms with Crippen LogP contribution in [0.5, 0.6) is 0 Å². The number of hydrogen-bond donors (Lipinski definition) is 1. The van der Waals surface area contributed by atoms with Gasteiger partial charge in [-0.15, -0.1) is 0 Å². The lowest BCUT2D eigenvalue weighted by molar-refractivity contribution is 0.274. The Balaban J connectivity index is 1.78. The lowest BCUT2D eigenvalue weighted by atomic mass is 10.0. The number of nitrogens with one attached hydrogen (secondary N) is 1. The Kier molecular flexibility index (Phi) is 3.11. The summed E-state index contributed by atoms with van der Waals surface area (Å²) in [5.41, 5.74) is 2.33. The zero-order valence-corrected chi connectivity index (χ0v) is 11.4. The molecule has 1 aromatic carbocycles. The summed E-state index contributed by atoms with van der Waals surface area (Å²) in [6.45, 7) is 5.24. The van der Waals surface area contributed by atoms with Crippen molar-refractivity contribution in [3.8, 4) is 0 Å². The fourth-order valence-electron chi connectivity index (χ4n) is 2.63. The molecule has 1 aliphatic rings. The largest absolute Gasteiger partial charge is 0.337 e. The van der Waals surface area contributed by atoms with Crippen molar-refractivity contribution in [3.05, 3.63) is 47.1 Å². The quantitative estimate of drug-likeness (QED) is 0.918. The minimum absolute atomic E-state index is 0.141. The molecule has 1 unspecified atom stereocenters. The van der Waals surface area contributed by atoms with Crippen LogP contribution in [-0.2, 0) is 12.0 Å². The van der Waals surface area contributed by atoms with Crippen LogP contribution in [0.4, 0.5) is 0 Å². The Morgan fingerprint density at radius 3 is 3.05 bits per heavy atom. The molecule has 2 aromatic rings. The van der Waals surface area contributed by atoms with Crippen molar-refractivity contribution in [3.63, 3.8) is 0 Å². The van der Waals surface area contributed by atoms with Crippen molar-refractivity contribution in [1.82, 2.24) is 15.5 Å². The summed E-state index contributed by atoms with van der Waals surface area (Å²) in [4.78, 5) is 4.55. The number of rotatable bonds is 3. The number of aryl methyl sites for hydroxylation is 1. The molecule has 0 radical (unpaired) electrons. The summed E-state index contributed by atoms with van der Waals surface area (Å²) in [5.74, 6) is 1.48. The Bertz CT molecular complexity index is 570. The van der Waals surface area contributed by atoms with Gasteiger partial charge in [0.25, 0.3) is 0 Å². The third-order valence-corrected chi connectivity index (χ3v) is 3.75. The lowest BCUT2D eigenvalue weighted by Crippen LogP contribution is -2.33. The van der Waals surface area contributed by atoms with E-state index < -0.39 is 0 Å². The van der Waals surface area contributed by atoms with E-state index in [9.17, 15) is 0 Å². The molecule has 100 valence electrons. The molecule has 4 heteroatoms. The summed E-state index contributed by atoms with van der Waals surface area (Å²) in [6, 6.07) is 8.41. The molecule has 0 bridgehead atoms. The van der Waals surface area contributed by atoms with Crippen LogP contribution in [0.3, 0.4) is 0 Å². The number of benzene rings is 1. The Labute approximate surface area is 113 Å². The van der Waals surface area contributed by atoms with Crippen molar-refractivity contribution in [2.75, 3.05) is 6.54 Å². The van der Waals surface area contributed by atoms with Crippen LogP contribution in [0.1, 0.15) is 42.6 Å². The van der Waals surface area contributed by atoms with Crippen LogP contribution in [0.15, 0.2) is 28.8 Å². The van der Waals surface area contributed by atoms with Crippen LogP contribution < -0.4 is 5.32 Å². The fraction of sp³-hybridized carbons (Fsp3) is 0.467. The molecule has 0 amide bonds. The maximum absolute atomic E-state index is 5.43. The van der Waals surface area contributed by atoms with Crippen molar-refractivity contribution in [2.24, 2.45) is 0 Å². The molecule has 0 spiro atoms. The topological polar surface area (TPSA) is 51.0 Å². The third kappa shape index (κ3) is 2.54. The number of nitrogens with zero attached hydrogens (tertiary/aromatic N) is 2. The smallest absolute Gasteiger partial charge is 0.246 e. The van der Waals surface area contributed by atoms with Gasteiger partial charge in [0.15, 0.2) is 5.82 Å². The van der Waals surface area contributed by atoms with Crippen molar-refractivity contribution in [1.29, 1.82) is 0 Å². The molecule has 4 nitrogen and oxygen atoms in total. The summed E-state index contributed by atoms with van der Waals surface area (Å²) in [5, 5.41) is 7.54. The second-order valence-corrected chi connectivity index (χ2v) is 5.54. The summed E-state index contributed by atoms with van der Waals surface area (Å²) in [6.07, 6.45) is 2.94. The zero-order chi connectivity index (χ0) is 13.3. The van der Waals surface area contributed by atoms with E-state index in [0.29, 0.717) is 5.89 Å². The minimum atomic E-state index is -0.141. The van der Waals surface area contributed by atoms with Gasteiger partial charge in [-0.3, -0.25) is 0 Å². The standard InChI is InChI=1S/C15H19N3O/c1-11-5-3-6-12(9-11)10-13-17-14(19-18-13)15(2)7-4-8-16-15/h3,5-6,9,16H,4,7-8,10H2,1-2H3. The van der Waals surface area contributed by atoms with E-state index >= 15 is 0 Å². The van der Waals surface area contributed by atoms with Crippen molar-refractivity contribution >= 4 is 0 Å². The zero-order valence-electron chi connectivity index (χ0n) is 11.4. The number of aromatic nitrogens is 2. The first kappa shape index (κ1) is 12.4. The molecule has 1 saturated heterocycles. The van der Waals surface area contributed by atoms with Crippen LogP contribution in [-0.4, -0.2) is 16.7 Å². The molecule has 2 heterocycles. The Morgan fingerprint density at radius 2 is 2.32 bits per heavy atom. The summed E-state index contributed by atoms with van der Waals surface area (Å²) in [7, 11) is 0.